The standard InChI is InChI=1S/C12H13ClN2O2/c1-7-4-11(16)15(12(7)17)6-8-5-9(14)2-3-10(8)13/h2-3,5,7H,4,6,14H2,1H3. The van der Waals surface area contributed by atoms with Crippen LogP contribution in [0.15, 0.2) is 18.2 Å². The van der Waals surface area contributed by atoms with Crippen molar-refractivity contribution in [2.24, 2.45) is 5.92 Å². The SMILES string of the molecule is CC1CC(=O)N(Cc2cc(N)ccc2Cl)C1=O. The molecule has 1 unspecified atom stereocenters. The van der Waals surface area contributed by atoms with Crippen LogP contribution >= 0.6 is 11.6 Å². The number of nitrogen functional groups attached to an aromatic ring is 1. The number of amides is 2. The molecule has 0 aliphatic carbocycles. The largest absolute Gasteiger partial charge is 0.399 e. The topological polar surface area (TPSA) is 63.4 Å². The molecule has 2 N–H and O–H groups in total. The first-order chi connectivity index (χ1) is 7.99. The molecule has 1 atom stereocenters. The normalized spacial score (nSPS) is 20.1. The van der Waals surface area contributed by atoms with Gasteiger partial charge in [-0.2, -0.15) is 0 Å². The molecule has 1 aliphatic rings. The number of hydrogen-bond acceptors (Lipinski definition) is 3. The van der Waals surface area contributed by atoms with Crippen molar-refractivity contribution < 1.29 is 9.59 Å². The lowest BCUT2D eigenvalue weighted by Crippen LogP contribution is -2.29. The van der Waals surface area contributed by atoms with Gasteiger partial charge in [0.2, 0.25) is 11.8 Å². The van der Waals surface area contributed by atoms with Crippen LogP contribution in [0.1, 0.15) is 18.9 Å². The molecule has 0 bridgehead atoms. The van der Waals surface area contributed by atoms with Crippen molar-refractivity contribution in [1.82, 2.24) is 4.90 Å². The summed E-state index contributed by atoms with van der Waals surface area (Å²) in [5, 5.41) is 0.513. The maximum Gasteiger partial charge on any atom is 0.232 e. The third-order valence-electron chi connectivity index (χ3n) is 2.87. The smallest absolute Gasteiger partial charge is 0.232 e. The number of carbonyl (C=O) groups excluding carboxylic acids is 2. The molecule has 5 heteroatoms. The van der Waals surface area contributed by atoms with Gasteiger partial charge in [-0.3, -0.25) is 14.5 Å². The Bertz CT molecular complexity index is 487. The summed E-state index contributed by atoms with van der Waals surface area (Å²) in [6, 6.07) is 5.04. The summed E-state index contributed by atoms with van der Waals surface area (Å²) in [7, 11) is 0. The second kappa shape index (κ2) is 4.37. The number of nitrogens with two attached hydrogens (primary N) is 1. The van der Waals surface area contributed by atoms with Crippen LogP contribution < -0.4 is 5.73 Å². The monoisotopic (exact) mass is 252 g/mol. The number of halogens is 1. The first-order valence-electron chi connectivity index (χ1n) is 5.37. The molecule has 0 radical (unpaired) electrons. The summed E-state index contributed by atoms with van der Waals surface area (Å²) in [6.45, 7) is 1.95. The highest BCUT2D eigenvalue weighted by molar-refractivity contribution is 6.31. The zero-order valence-electron chi connectivity index (χ0n) is 9.44. The summed E-state index contributed by atoms with van der Waals surface area (Å²) in [5.41, 5.74) is 6.91. The molecule has 2 amide bonds. The Morgan fingerprint density at radius 2 is 2.18 bits per heavy atom. The molecule has 1 fully saturated rings. The fraction of sp³-hybridized carbons (Fsp3) is 0.333. The minimum absolute atomic E-state index is 0.145. The Morgan fingerprint density at radius 3 is 2.76 bits per heavy atom. The second-order valence-electron chi connectivity index (χ2n) is 4.27. The molecule has 0 saturated carbocycles. The lowest BCUT2D eigenvalue weighted by Gasteiger charge is -2.15. The van der Waals surface area contributed by atoms with Crippen molar-refractivity contribution in [2.45, 2.75) is 19.9 Å². The van der Waals surface area contributed by atoms with Gasteiger partial charge in [-0.05, 0) is 23.8 Å². The van der Waals surface area contributed by atoms with Gasteiger partial charge < -0.3 is 5.73 Å². The van der Waals surface area contributed by atoms with Crippen molar-refractivity contribution in [2.75, 3.05) is 5.73 Å². The van der Waals surface area contributed by atoms with Crippen LogP contribution in [0, 0.1) is 5.92 Å². The fourth-order valence-corrected chi connectivity index (χ4v) is 2.08. The summed E-state index contributed by atoms with van der Waals surface area (Å²) in [5.74, 6) is -0.531. The average Bonchev–Trinajstić information content (AvgIpc) is 2.50. The number of likely N-dealkylation sites (tertiary alicyclic amines) is 1. The van der Waals surface area contributed by atoms with E-state index < -0.39 is 0 Å². The highest BCUT2D eigenvalue weighted by Crippen LogP contribution is 2.25. The van der Waals surface area contributed by atoms with Gasteiger partial charge >= 0.3 is 0 Å². The predicted molar refractivity (Wildman–Crippen MR) is 65.2 cm³/mol. The van der Waals surface area contributed by atoms with Crippen LogP contribution in [0.3, 0.4) is 0 Å². The molecule has 1 heterocycles. The Balaban J connectivity index is 2.24. The molecule has 0 spiro atoms. The maximum atomic E-state index is 11.7. The molecule has 1 saturated heterocycles. The summed E-state index contributed by atoms with van der Waals surface area (Å²) in [4.78, 5) is 24.6. The number of carbonyl (C=O) groups is 2. The van der Waals surface area contributed by atoms with Crippen molar-refractivity contribution in [3.8, 4) is 0 Å². The first-order valence-corrected chi connectivity index (χ1v) is 5.75. The first kappa shape index (κ1) is 11.9. The van der Waals surface area contributed by atoms with Crippen molar-refractivity contribution in [3.63, 3.8) is 0 Å². The number of benzene rings is 1. The summed E-state index contributed by atoms with van der Waals surface area (Å²) < 4.78 is 0. The third kappa shape index (κ3) is 2.26. The van der Waals surface area contributed by atoms with Crippen molar-refractivity contribution >= 4 is 29.1 Å². The van der Waals surface area contributed by atoms with E-state index in [4.69, 9.17) is 17.3 Å². The average molecular weight is 253 g/mol. The van der Waals surface area contributed by atoms with Gasteiger partial charge in [0.1, 0.15) is 0 Å². The molecule has 90 valence electrons. The molecular formula is C12H13ClN2O2. The molecule has 2 rings (SSSR count). The number of anilines is 1. The molecule has 1 aromatic rings. The van der Waals surface area contributed by atoms with Crippen LogP contribution in [0.5, 0.6) is 0 Å². The molecule has 1 aliphatic heterocycles. The molecule has 1 aromatic carbocycles. The highest BCUT2D eigenvalue weighted by Gasteiger charge is 2.35. The number of imide groups is 1. The minimum Gasteiger partial charge on any atom is -0.399 e. The van der Waals surface area contributed by atoms with E-state index in [-0.39, 0.29) is 30.7 Å². The van der Waals surface area contributed by atoms with Gasteiger partial charge in [-0.15, -0.1) is 0 Å². The van der Waals surface area contributed by atoms with Gasteiger partial charge in [0, 0.05) is 23.0 Å². The molecule has 0 aromatic heterocycles. The highest BCUT2D eigenvalue weighted by atomic mass is 35.5. The van der Waals surface area contributed by atoms with Crippen molar-refractivity contribution in [3.05, 3.63) is 28.8 Å². The van der Waals surface area contributed by atoms with Crippen LogP contribution in [0.25, 0.3) is 0 Å². The fourth-order valence-electron chi connectivity index (χ4n) is 1.90. The van der Waals surface area contributed by atoms with E-state index in [9.17, 15) is 9.59 Å². The van der Waals surface area contributed by atoms with Gasteiger partial charge in [-0.25, -0.2) is 0 Å². The number of hydrogen-bond donors (Lipinski definition) is 1. The Kier molecular flexibility index (Phi) is 3.07. The number of nitrogens with zero attached hydrogens (tertiary/aromatic N) is 1. The van der Waals surface area contributed by atoms with Crippen molar-refractivity contribution in [1.29, 1.82) is 0 Å². The maximum absolute atomic E-state index is 11.7. The quantitative estimate of drug-likeness (QED) is 0.645. The zero-order valence-corrected chi connectivity index (χ0v) is 10.2. The lowest BCUT2D eigenvalue weighted by molar-refractivity contribution is -0.139. The second-order valence-corrected chi connectivity index (χ2v) is 4.68. The van der Waals surface area contributed by atoms with Gasteiger partial charge in [-0.1, -0.05) is 18.5 Å². The Hall–Kier alpha value is -1.55. The third-order valence-corrected chi connectivity index (χ3v) is 3.24. The predicted octanol–water partition coefficient (Wildman–Crippen LogP) is 1.82. The van der Waals surface area contributed by atoms with E-state index in [1.807, 2.05) is 0 Å². The molecule has 4 nitrogen and oxygen atoms in total. The van der Waals surface area contributed by atoms with Crippen LogP contribution in [0.2, 0.25) is 5.02 Å². The minimum atomic E-state index is -0.234. The molecular weight excluding hydrogens is 240 g/mol. The van der Waals surface area contributed by atoms with Gasteiger partial charge in [0.05, 0.1) is 6.54 Å². The summed E-state index contributed by atoms with van der Waals surface area (Å²) in [6.07, 6.45) is 0.277. The van der Waals surface area contributed by atoms with Crippen LogP contribution in [0.4, 0.5) is 5.69 Å². The van der Waals surface area contributed by atoms with Crippen LogP contribution in [-0.2, 0) is 16.1 Å². The molecule has 17 heavy (non-hydrogen) atoms. The lowest BCUT2D eigenvalue weighted by atomic mass is 10.1. The van der Waals surface area contributed by atoms with E-state index in [1.165, 1.54) is 4.90 Å². The van der Waals surface area contributed by atoms with Gasteiger partial charge in [0.25, 0.3) is 0 Å². The van der Waals surface area contributed by atoms with Gasteiger partial charge in [0.15, 0.2) is 0 Å². The Morgan fingerprint density at radius 1 is 1.47 bits per heavy atom. The Labute approximate surface area is 104 Å². The van der Waals surface area contributed by atoms with E-state index >= 15 is 0 Å². The van der Waals surface area contributed by atoms with E-state index in [1.54, 1.807) is 25.1 Å². The van der Waals surface area contributed by atoms with E-state index in [2.05, 4.69) is 0 Å². The number of rotatable bonds is 2. The zero-order chi connectivity index (χ0) is 12.6. The van der Waals surface area contributed by atoms with E-state index in [0.29, 0.717) is 16.3 Å². The van der Waals surface area contributed by atoms with Crippen LogP contribution in [-0.4, -0.2) is 16.7 Å². The van der Waals surface area contributed by atoms with E-state index in [0.717, 1.165) is 0 Å². The summed E-state index contributed by atoms with van der Waals surface area (Å²) >= 11 is 6.00.